The average molecular weight is 256 g/mol. The first-order chi connectivity index (χ1) is 8.26. The van der Waals surface area contributed by atoms with E-state index in [0.717, 1.165) is 13.1 Å². The molecule has 0 spiro atoms. The van der Waals surface area contributed by atoms with E-state index in [2.05, 4.69) is 10.6 Å². The number of carbonyl (C=O) groups excluding carboxylic acids is 1. The fourth-order valence-electron chi connectivity index (χ4n) is 2.17. The minimum Gasteiger partial charge on any atom is -0.481 e. The maximum Gasteiger partial charge on any atom is 0.305 e. The van der Waals surface area contributed by atoms with Gasteiger partial charge in [0.1, 0.15) is 0 Å². The lowest BCUT2D eigenvalue weighted by molar-refractivity contribution is -0.138. The highest BCUT2D eigenvalue weighted by Gasteiger charge is 2.25. The van der Waals surface area contributed by atoms with Crippen molar-refractivity contribution >= 4 is 11.9 Å². The van der Waals surface area contributed by atoms with Crippen LogP contribution in [0.3, 0.4) is 0 Å². The Kier molecular flexibility index (Phi) is 5.14. The first kappa shape index (κ1) is 15.0. The summed E-state index contributed by atoms with van der Waals surface area (Å²) in [6, 6.07) is -0.275. The molecule has 1 aliphatic heterocycles. The number of aliphatic carboxylic acids is 1. The lowest BCUT2D eigenvalue weighted by Crippen LogP contribution is -2.46. The number of carbonyl (C=O) groups is 2. The topological polar surface area (TPSA) is 78.4 Å². The van der Waals surface area contributed by atoms with Crippen LogP contribution in [0, 0.1) is 11.3 Å². The van der Waals surface area contributed by atoms with Gasteiger partial charge in [0.15, 0.2) is 0 Å². The summed E-state index contributed by atoms with van der Waals surface area (Å²) in [7, 11) is 0. The van der Waals surface area contributed by atoms with Crippen molar-refractivity contribution in [1.82, 2.24) is 10.6 Å². The first-order valence-corrected chi connectivity index (χ1v) is 6.48. The Morgan fingerprint density at radius 3 is 2.39 bits per heavy atom. The van der Waals surface area contributed by atoms with Crippen molar-refractivity contribution in [2.75, 3.05) is 13.1 Å². The molecule has 5 nitrogen and oxygen atoms in total. The van der Waals surface area contributed by atoms with Gasteiger partial charge < -0.3 is 15.7 Å². The number of carboxylic acid groups (broad SMARTS) is 1. The van der Waals surface area contributed by atoms with Gasteiger partial charge in [0.05, 0.1) is 6.42 Å². The number of carboxylic acids is 1. The minimum atomic E-state index is -0.866. The van der Waals surface area contributed by atoms with Crippen LogP contribution in [0.2, 0.25) is 0 Å². The average Bonchev–Trinajstić information content (AvgIpc) is 2.07. The van der Waals surface area contributed by atoms with Gasteiger partial charge in [-0.2, -0.15) is 0 Å². The fraction of sp³-hybridized carbons (Fsp3) is 0.846. The molecule has 1 saturated heterocycles. The molecule has 1 amide bonds. The molecular formula is C13H24N2O3. The van der Waals surface area contributed by atoms with E-state index in [4.69, 9.17) is 5.11 Å². The summed E-state index contributed by atoms with van der Waals surface area (Å²) in [4.78, 5) is 22.6. The van der Waals surface area contributed by atoms with Crippen LogP contribution >= 0.6 is 0 Å². The molecule has 0 aliphatic carbocycles. The maximum atomic E-state index is 11.8. The predicted octanol–water partition coefficient (Wildman–Crippen LogP) is 0.992. The van der Waals surface area contributed by atoms with E-state index < -0.39 is 5.97 Å². The van der Waals surface area contributed by atoms with Gasteiger partial charge in [-0.15, -0.1) is 0 Å². The van der Waals surface area contributed by atoms with Crippen LogP contribution in [-0.4, -0.2) is 36.1 Å². The SMILES string of the molecule is CC(C)(C)CC(CC(=O)O)NC(=O)CC1CNC1. The van der Waals surface area contributed by atoms with Crippen molar-refractivity contribution < 1.29 is 14.7 Å². The number of hydrogen-bond acceptors (Lipinski definition) is 3. The summed E-state index contributed by atoms with van der Waals surface area (Å²) in [5, 5.41) is 14.8. The molecule has 0 bridgehead atoms. The van der Waals surface area contributed by atoms with E-state index in [9.17, 15) is 9.59 Å². The summed E-state index contributed by atoms with van der Waals surface area (Å²) < 4.78 is 0. The zero-order chi connectivity index (χ0) is 13.8. The van der Waals surface area contributed by atoms with Gasteiger partial charge in [0.2, 0.25) is 5.91 Å². The normalized spacial score (nSPS) is 17.9. The predicted molar refractivity (Wildman–Crippen MR) is 69.2 cm³/mol. The molecule has 0 aromatic rings. The van der Waals surface area contributed by atoms with Crippen molar-refractivity contribution in [2.45, 2.75) is 46.1 Å². The Morgan fingerprint density at radius 1 is 1.39 bits per heavy atom. The van der Waals surface area contributed by atoms with E-state index in [1.807, 2.05) is 20.8 Å². The first-order valence-electron chi connectivity index (χ1n) is 6.48. The molecule has 1 fully saturated rings. The van der Waals surface area contributed by atoms with Crippen LogP contribution in [0.25, 0.3) is 0 Å². The highest BCUT2D eigenvalue weighted by Crippen LogP contribution is 2.22. The second-order valence-electron chi connectivity index (χ2n) is 6.36. The molecule has 104 valence electrons. The summed E-state index contributed by atoms with van der Waals surface area (Å²) in [6.07, 6.45) is 1.16. The highest BCUT2D eigenvalue weighted by molar-refractivity contribution is 5.77. The quantitative estimate of drug-likeness (QED) is 0.662. The van der Waals surface area contributed by atoms with E-state index in [1.165, 1.54) is 0 Å². The van der Waals surface area contributed by atoms with Gasteiger partial charge in [-0.3, -0.25) is 9.59 Å². The Labute approximate surface area is 108 Å². The molecule has 0 aromatic heterocycles. The summed E-state index contributed by atoms with van der Waals surface area (Å²) in [6.45, 7) is 7.91. The lowest BCUT2D eigenvalue weighted by Gasteiger charge is -2.29. The van der Waals surface area contributed by atoms with Gasteiger partial charge in [-0.25, -0.2) is 0 Å². The molecule has 0 saturated carbocycles. The van der Waals surface area contributed by atoms with Gasteiger partial charge in [-0.05, 0) is 30.8 Å². The molecule has 1 atom stereocenters. The second kappa shape index (κ2) is 6.18. The Hall–Kier alpha value is -1.10. The monoisotopic (exact) mass is 256 g/mol. The van der Waals surface area contributed by atoms with Crippen LogP contribution in [0.15, 0.2) is 0 Å². The third-order valence-electron chi connectivity index (χ3n) is 2.98. The van der Waals surface area contributed by atoms with Crippen molar-refractivity contribution in [3.8, 4) is 0 Å². The second-order valence-corrected chi connectivity index (χ2v) is 6.36. The van der Waals surface area contributed by atoms with Crippen LogP contribution in [-0.2, 0) is 9.59 Å². The Morgan fingerprint density at radius 2 is 2.00 bits per heavy atom. The molecule has 18 heavy (non-hydrogen) atoms. The van der Waals surface area contributed by atoms with E-state index in [1.54, 1.807) is 0 Å². The van der Waals surface area contributed by atoms with Crippen molar-refractivity contribution in [3.63, 3.8) is 0 Å². The van der Waals surface area contributed by atoms with Gasteiger partial charge in [0.25, 0.3) is 0 Å². The Balaban J connectivity index is 2.43. The zero-order valence-corrected chi connectivity index (χ0v) is 11.5. The van der Waals surface area contributed by atoms with Crippen molar-refractivity contribution in [1.29, 1.82) is 0 Å². The van der Waals surface area contributed by atoms with E-state index >= 15 is 0 Å². The molecule has 1 heterocycles. The van der Waals surface area contributed by atoms with Gasteiger partial charge >= 0.3 is 5.97 Å². The highest BCUT2D eigenvalue weighted by atomic mass is 16.4. The largest absolute Gasteiger partial charge is 0.481 e. The zero-order valence-electron chi connectivity index (χ0n) is 11.5. The third-order valence-corrected chi connectivity index (χ3v) is 2.98. The molecule has 1 unspecified atom stereocenters. The number of hydrogen-bond donors (Lipinski definition) is 3. The Bertz CT molecular complexity index is 306. The van der Waals surface area contributed by atoms with Gasteiger partial charge in [0, 0.05) is 12.5 Å². The molecule has 3 N–H and O–H groups in total. The fourth-order valence-corrected chi connectivity index (χ4v) is 2.17. The number of rotatable bonds is 6. The minimum absolute atomic E-state index is 0.00538. The molecule has 0 radical (unpaired) electrons. The van der Waals surface area contributed by atoms with Crippen molar-refractivity contribution in [3.05, 3.63) is 0 Å². The smallest absolute Gasteiger partial charge is 0.305 e. The number of amides is 1. The van der Waals surface area contributed by atoms with E-state index in [0.29, 0.717) is 18.8 Å². The van der Waals surface area contributed by atoms with Gasteiger partial charge in [-0.1, -0.05) is 20.8 Å². The van der Waals surface area contributed by atoms with Crippen LogP contribution in [0.4, 0.5) is 0 Å². The third kappa shape index (κ3) is 6.00. The summed E-state index contributed by atoms with van der Waals surface area (Å²) in [5.41, 5.74) is 0.00538. The molecule has 1 rings (SSSR count). The van der Waals surface area contributed by atoms with Crippen LogP contribution in [0.1, 0.15) is 40.0 Å². The molecule has 5 heteroatoms. The van der Waals surface area contributed by atoms with Crippen LogP contribution in [0.5, 0.6) is 0 Å². The molecule has 1 aliphatic rings. The lowest BCUT2D eigenvalue weighted by atomic mass is 9.86. The molecule has 0 aromatic carbocycles. The van der Waals surface area contributed by atoms with E-state index in [-0.39, 0.29) is 23.8 Å². The van der Waals surface area contributed by atoms with Crippen LogP contribution < -0.4 is 10.6 Å². The summed E-state index contributed by atoms with van der Waals surface area (Å²) >= 11 is 0. The summed E-state index contributed by atoms with van der Waals surface area (Å²) in [5.74, 6) is -0.489. The maximum absolute atomic E-state index is 11.8. The van der Waals surface area contributed by atoms with Crippen molar-refractivity contribution in [2.24, 2.45) is 11.3 Å². The number of nitrogens with one attached hydrogen (secondary N) is 2. The molecular weight excluding hydrogens is 232 g/mol. The standard InChI is InChI=1S/C13H24N2O3/c1-13(2,3)6-10(5-12(17)18)15-11(16)4-9-7-14-8-9/h9-10,14H,4-8H2,1-3H3,(H,15,16)(H,17,18).